The van der Waals surface area contributed by atoms with Crippen LogP contribution in [0.5, 0.6) is 0 Å². The number of hydrogen-bond donors (Lipinski definition) is 2. The van der Waals surface area contributed by atoms with Gasteiger partial charge in [0, 0.05) is 35.6 Å². The van der Waals surface area contributed by atoms with Crippen LogP contribution in [-0.4, -0.2) is 13.0 Å². The van der Waals surface area contributed by atoms with Gasteiger partial charge in [-0.3, -0.25) is 4.79 Å². The summed E-state index contributed by atoms with van der Waals surface area (Å²) >= 11 is 0. The zero-order valence-electron chi connectivity index (χ0n) is 18.2. The Hall–Kier alpha value is -3.03. The fourth-order valence-electron chi connectivity index (χ4n) is 2.85. The molecule has 0 aliphatic heterocycles. The summed E-state index contributed by atoms with van der Waals surface area (Å²) < 4.78 is 5.12. The molecule has 1 aromatic rings. The van der Waals surface area contributed by atoms with Crippen LogP contribution in [0, 0.1) is 17.8 Å². The third kappa shape index (κ3) is 7.48. The van der Waals surface area contributed by atoms with E-state index in [0.717, 1.165) is 17.6 Å². The van der Waals surface area contributed by atoms with Crippen LogP contribution in [0.4, 0.5) is 5.69 Å². The smallest absolute Gasteiger partial charge is 0.257 e. The lowest BCUT2D eigenvalue weighted by atomic mass is 9.93. The van der Waals surface area contributed by atoms with Crippen LogP contribution < -0.4 is 11.1 Å². The van der Waals surface area contributed by atoms with Crippen molar-refractivity contribution in [1.29, 1.82) is 0 Å². The quantitative estimate of drug-likeness (QED) is 0.280. The Morgan fingerprint density at radius 1 is 1.24 bits per heavy atom. The van der Waals surface area contributed by atoms with Gasteiger partial charge in [0.2, 0.25) is 0 Å². The molecule has 0 radical (unpaired) electrons. The lowest BCUT2D eigenvalue weighted by Crippen LogP contribution is -2.20. The zero-order valence-corrected chi connectivity index (χ0v) is 18.2. The van der Waals surface area contributed by atoms with Gasteiger partial charge in [-0.1, -0.05) is 49.1 Å². The largest absolute Gasteiger partial charge is 0.399 e. The number of carbonyl (C=O) groups excluding carboxylic acids is 1. The average Bonchev–Trinajstić information content (AvgIpc) is 2.65. The topological polar surface area (TPSA) is 64.3 Å². The van der Waals surface area contributed by atoms with Gasteiger partial charge in [-0.2, -0.15) is 0 Å². The average molecular weight is 393 g/mol. The van der Waals surface area contributed by atoms with Crippen LogP contribution >= 0.6 is 0 Å². The van der Waals surface area contributed by atoms with Crippen LogP contribution in [0.1, 0.15) is 39.7 Å². The predicted octanol–water partition coefficient (Wildman–Crippen LogP) is 5.11. The molecule has 0 saturated heterocycles. The van der Waals surface area contributed by atoms with Crippen molar-refractivity contribution in [2.75, 3.05) is 12.4 Å². The Morgan fingerprint density at radius 2 is 1.86 bits per heavy atom. The fourth-order valence-corrected chi connectivity index (χ4v) is 2.85. The highest BCUT2D eigenvalue weighted by atomic mass is 16.5. The van der Waals surface area contributed by atoms with Gasteiger partial charge in [0.1, 0.15) is 0 Å². The maximum Gasteiger partial charge on any atom is 0.257 e. The molecule has 1 unspecified atom stereocenters. The molecule has 0 heterocycles. The lowest BCUT2D eigenvalue weighted by Gasteiger charge is -2.16. The highest BCUT2D eigenvalue weighted by molar-refractivity contribution is 6.09. The van der Waals surface area contributed by atoms with Crippen LogP contribution in [0.15, 0.2) is 71.5 Å². The molecular weight excluding hydrogens is 360 g/mol. The van der Waals surface area contributed by atoms with Crippen molar-refractivity contribution in [3.05, 3.63) is 77.1 Å². The van der Waals surface area contributed by atoms with E-state index in [9.17, 15) is 4.79 Å². The molecule has 4 heteroatoms. The van der Waals surface area contributed by atoms with E-state index in [1.807, 2.05) is 58.0 Å². The second kappa shape index (κ2) is 11.7. The number of nitrogens with two attached hydrogens (primary N) is 1. The number of rotatable bonds is 8. The Morgan fingerprint density at radius 3 is 2.34 bits per heavy atom. The van der Waals surface area contributed by atoms with E-state index >= 15 is 0 Å². The Kier molecular flexibility index (Phi) is 9.71. The van der Waals surface area contributed by atoms with Crippen molar-refractivity contribution >= 4 is 11.6 Å². The van der Waals surface area contributed by atoms with Crippen molar-refractivity contribution in [2.45, 2.75) is 40.7 Å². The molecule has 0 bridgehead atoms. The van der Waals surface area contributed by atoms with Gasteiger partial charge in [-0.15, -0.1) is 6.58 Å². The highest BCUT2D eigenvalue weighted by Crippen LogP contribution is 2.25. The monoisotopic (exact) mass is 392 g/mol. The van der Waals surface area contributed by atoms with Gasteiger partial charge in [-0.25, -0.2) is 0 Å². The predicted molar refractivity (Wildman–Crippen MR) is 122 cm³/mol. The van der Waals surface area contributed by atoms with E-state index in [-0.39, 0.29) is 11.8 Å². The van der Waals surface area contributed by atoms with E-state index in [4.69, 9.17) is 10.5 Å². The molecule has 0 spiro atoms. The van der Waals surface area contributed by atoms with Crippen molar-refractivity contribution in [3.63, 3.8) is 0 Å². The lowest BCUT2D eigenvalue weighted by molar-refractivity contribution is -0.112. The van der Waals surface area contributed by atoms with E-state index in [1.54, 1.807) is 7.11 Å². The van der Waals surface area contributed by atoms with Crippen LogP contribution in [0.3, 0.4) is 0 Å². The molecule has 0 aliphatic carbocycles. The maximum atomic E-state index is 13.2. The second-order valence-corrected chi connectivity index (χ2v) is 7.18. The number of hydrogen-bond acceptors (Lipinski definition) is 3. The molecule has 0 aromatic heterocycles. The molecular formula is C25H32N2O2. The Labute approximate surface area is 175 Å². The number of nitrogens with one attached hydrogen (secondary N) is 1. The minimum Gasteiger partial charge on any atom is -0.399 e. The summed E-state index contributed by atoms with van der Waals surface area (Å²) in [6, 6.07) is 7.51. The summed E-state index contributed by atoms with van der Waals surface area (Å²) in [5.74, 6) is 6.18. The second-order valence-electron chi connectivity index (χ2n) is 7.18. The minimum atomic E-state index is -0.268. The van der Waals surface area contributed by atoms with Gasteiger partial charge in [0.25, 0.3) is 5.91 Å². The Balaban J connectivity index is 3.34. The standard InChI is InChI=1S/C25H32N2O2/c1-8-9-18(4)10-11-19(5)24(23(17(2)3)20(6)26)25(28)27-22-14-12-21(13-15-22)16-29-7/h8,12-15,18H,1,6,9,16,26H2,2-5,7H3,(H,27,28)/b24-19-. The van der Waals surface area contributed by atoms with Gasteiger partial charge < -0.3 is 15.8 Å². The normalized spacial score (nSPS) is 12.0. The highest BCUT2D eigenvalue weighted by Gasteiger charge is 2.20. The summed E-state index contributed by atoms with van der Waals surface area (Å²) in [5, 5.41) is 2.94. The summed E-state index contributed by atoms with van der Waals surface area (Å²) in [6.45, 7) is 15.8. The number of anilines is 1. The van der Waals surface area contributed by atoms with Crippen LogP contribution in [-0.2, 0) is 16.1 Å². The maximum absolute atomic E-state index is 13.2. The third-order valence-electron chi connectivity index (χ3n) is 4.22. The van der Waals surface area contributed by atoms with Crippen LogP contribution in [0.25, 0.3) is 0 Å². The van der Waals surface area contributed by atoms with E-state index < -0.39 is 0 Å². The van der Waals surface area contributed by atoms with Gasteiger partial charge in [-0.05, 0) is 44.9 Å². The third-order valence-corrected chi connectivity index (χ3v) is 4.22. The van der Waals surface area contributed by atoms with Crippen molar-refractivity contribution in [1.82, 2.24) is 0 Å². The minimum absolute atomic E-state index is 0.149. The van der Waals surface area contributed by atoms with Gasteiger partial charge in [0.15, 0.2) is 0 Å². The van der Waals surface area contributed by atoms with Crippen molar-refractivity contribution in [3.8, 4) is 11.8 Å². The molecule has 4 nitrogen and oxygen atoms in total. The number of amides is 1. The molecule has 1 atom stereocenters. The number of ether oxygens (including phenoxy) is 1. The fraction of sp³-hybridized carbons (Fsp3) is 0.320. The van der Waals surface area contributed by atoms with Crippen LogP contribution in [0.2, 0.25) is 0 Å². The first-order valence-corrected chi connectivity index (χ1v) is 9.56. The summed E-state index contributed by atoms with van der Waals surface area (Å²) in [7, 11) is 1.65. The summed E-state index contributed by atoms with van der Waals surface area (Å²) in [4.78, 5) is 13.2. The molecule has 0 saturated carbocycles. The molecule has 1 aromatic carbocycles. The SMILES string of the molecule is C=CCC(C)C#C/C(C)=C(\C(=O)Nc1ccc(COC)cc1)C(C(=C)N)=C(C)C. The molecule has 1 rings (SSSR count). The number of benzene rings is 1. The van der Waals surface area contributed by atoms with E-state index in [0.29, 0.717) is 34.7 Å². The molecule has 0 fully saturated rings. The number of methoxy groups -OCH3 is 1. The van der Waals surface area contributed by atoms with Crippen molar-refractivity contribution in [2.24, 2.45) is 11.7 Å². The molecule has 154 valence electrons. The number of allylic oxidation sites excluding steroid dienone is 4. The molecule has 1 amide bonds. The summed E-state index contributed by atoms with van der Waals surface area (Å²) in [6.07, 6.45) is 2.62. The summed E-state index contributed by atoms with van der Waals surface area (Å²) in [5.41, 5.74) is 10.7. The van der Waals surface area contributed by atoms with Crippen molar-refractivity contribution < 1.29 is 9.53 Å². The number of carbonyl (C=O) groups is 1. The Bertz CT molecular complexity index is 874. The van der Waals surface area contributed by atoms with Gasteiger partial charge >= 0.3 is 0 Å². The molecule has 29 heavy (non-hydrogen) atoms. The van der Waals surface area contributed by atoms with E-state index in [1.165, 1.54) is 0 Å². The first kappa shape index (κ1) is 24.0. The first-order valence-electron chi connectivity index (χ1n) is 9.56. The first-order chi connectivity index (χ1) is 13.7. The van der Waals surface area contributed by atoms with Gasteiger partial charge in [0.05, 0.1) is 12.2 Å². The zero-order chi connectivity index (χ0) is 22.0. The van der Waals surface area contributed by atoms with E-state index in [2.05, 4.69) is 30.3 Å². The molecule has 3 N–H and O–H groups in total. The molecule has 0 aliphatic rings.